The van der Waals surface area contributed by atoms with Crippen molar-refractivity contribution in [2.45, 2.75) is 17.7 Å². The molecule has 0 radical (unpaired) electrons. The van der Waals surface area contributed by atoms with Gasteiger partial charge in [0.25, 0.3) is 0 Å². The molecule has 0 atom stereocenters. The highest BCUT2D eigenvalue weighted by molar-refractivity contribution is 7.98. The van der Waals surface area contributed by atoms with Crippen molar-refractivity contribution in [3.05, 3.63) is 84.2 Å². The number of nitrogens with zero attached hydrogens (tertiary/aromatic N) is 2. The number of benzene rings is 2. The molecule has 0 aliphatic heterocycles. The average molecular weight is 337 g/mol. The van der Waals surface area contributed by atoms with E-state index in [2.05, 4.69) is 10.3 Å². The lowest BCUT2D eigenvalue weighted by Gasteiger charge is -2.20. The standard InChI is InChI=1S/C19H19N3OS/c1-24-19-20-12-13-22(19)14-17(23)21-18(15-8-4-2-5-9-15)16-10-6-3-7-11-16/h2-13,18H,14H2,1H3,(H,21,23). The van der Waals surface area contributed by atoms with Crippen molar-refractivity contribution < 1.29 is 4.79 Å². The Morgan fingerprint density at radius 2 is 1.67 bits per heavy atom. The minimum atomic E-state index is -0.166. The maximum atomic E-state index is 12.6. The van der Waals surface area contributed by atoms with E-state index in [0.717, 1.165) is 16.3 Å². The molecule has 0 unspecified atom stereocenters. The molecular formula is C19H19N3OS. The Hall–Kier alpha value is -2.53. The summed E-state index contributed by atoms with van der Waals surface area (Å²) in [6.07, 6.45) is 5.49. The second-order valence-corrected chi connectivity index (χ2v) is 6.14. The first-order chi connectivity index (χ1) is 11.8. The third-order valence-electron chi connectivity index (χ3n) is 3.74. The van der Waals surface area contributed by atoms with E-state index in [1.54, 1.807) is 6.20 Å². The smallest absolute Gasteiger partial charge is 0.240 e. The highest BCUT2D eigenvalue weighted by atomic mass is 32.2. The van der Waals surface area contributed by atoms with Crippen LogP contribution in [0.25, 0.3) is 0 Å². The van der Waals surface area contributed by atoms with Crippen molar-refractivity contribution >= 4 is 17.7 Å². The van der Waals surface area contributed by atoms with Gasteiger partial charge in [-0.05, 0) is 17.4 Å². The van der Waals surface area contributed by atoms with Crippen LogP contribution in [0.4, 0.5) is 0 Å². The molecule has 4 nitrogen and oxygen atoms in total. The first-order valence-electron chi connectivity index (χ1n) is 7.72. The Morgan fingerprint density at radius 3 is 2.21 bits per heavy atom. The van der Waals surface area contributed by atoms with Crippen LogP contribution in [-0.4, -0.2) is 21.7 Å². The molecule has 0 saturated heterocycles. The van der Waals surface area contributed by atoms with Gasteiger partial charge in [-0.2, -0.15) is 0 Å². The molecular weight excluding hydrogens is 318 g/mol. The maximum absolute atomic E-state index is 12.6. The number of nitrogens with one attached hydrogen (secondary N) is 1. The van der Waals surface area contributed by atoms with E-state index < -0.39 is 0 Å². The van der Waals surface area contributed by atoms with Crippen LogP contribution in [0.1, 0.15) is 17.2 Å². The molecule has 3 aromatic rings. The van der Waals surface area contributed by atoms with Crippen LogP contribution in [0.15, 0.2) is 78.2 Å². The molecule has 0 fully saturated rings. The molecule has 24 heavy (non-hydrogen) atoms. The molecule has 1 N–H and O–H groups in total. The molecule has 122 valence electrons. The molecule has 0 spiro atoms. The van der Waals surface area contributed by atoms with Crippen LogP contribution in [0.3, 0.4) is 0 Å². The topological polar surface area (TPSA) is 46.9 Å². The zero-order valence-electron chi connectivity index (χ0n) is 13.4. The molecule has 1 amide bonds. The summed E-state index contributed by atoms with van der Waals surface area (Å²) in [5.41, 5.74) is 2.13. The molecule has 1 aromatic heterocycles. The van der Waals surface area contributed by atoms with E-state index in [1.807, 2.05) is 77.7 Å². The lowest BCUT2D eigenvalue weighted by Crippen LogP contribution is -2.32. The monoisotopic (exact) mass is 337 g/mol. The fraction of sp³-hybridized carbons (Fsp3) is 0.158. The van der Waals surface area contributed by atoms with Gasteiger partial charge in [0, 0.05) is 12.4 Å². The normalized spacial score (nSPS) is 10.8. The Bertz CT molecular complexity index is 747. The Morgan fingerprint density at radius 1 is 1.08 bits per heavy atom. The number of hydrogen-bond acceptors (Lipinski definition) is 3. The van der Waals surface area contributed by atoms with Gasteiger partial charge in [0.2, 0.25) is 5.91 Å². The first-order valence-corrected chi connectivity index (χ1v) is 8.95. The molecule has 0 saturated carbocycles. The van der Waals surface area contributed by atoms with Crippen LogP contribution in [0.5, 0.6) is 0 Å². The third kappa shape index (κ3) is 3.86. The van der Waals surface area contributed by atoms with Gasteiger partial charge in [0.1, 0.15) is 6.54 Å². The summed E-state index contributed by atoms with van der Waals surface area (Å²) in [5, 5.41) is 3.98. The molecule has 2 aromatic carbocycles. The predicted molar refractivity (Wildman–Crippen MR) is 96.9 cm³/mol. The Labute approximate surface area is 145 Å². The van der Waals surface area contributed by atoms with Gasteiger partial charge in [-0.1, -0.05) is 72.4 Å². The quantitative estimate of drug-likeness (QED) is 0.700. The summed E-state index contributed by atoms with van der Waals surface area (Å²) in [4.78, 5) is 16.8. The highest BCUT2D eigenvalue weighted by Gasteiger charge is 2.17. The second kappa shape index (κ2) is 7.84. The minimum absolute atomic E-state index is 0.0407. The lowest BCUT2D eigenvalue weighted by atomic mass is 9.99. The van der Waals surface area contributed by atoms with Crippen LogP contribution >= 0.6 is 11.8 Å². The first kappa shape index (κ1) is 16.3. The van der Waals surface area contributed by atoms with Gasteiger partial charge in [0.05, 0.1) is 6.04 Å². The van der Waals surface area contributed by atoms with Crippen molar-refractivity contribution in [3.8, 4) is 0 Å². The largest absolute Gasteiger partial charge is 0.344 e. The SMILES string of the molecule is CSc1nccn1CC(=O)NC(c1ccccc1)c1ccccc1. The summed E-state index contributed by atoms with van der Waals surface area (Å²) < 4.78 is 1.85. The Balaban J connectivity index is 1.81. The summed E-state index contributed by atoms with van der Waals surface area (Å²) >= 11 is 1.53. The van der Waals surface area contributed by atoms with Gasteiger partial charge in [-0.25, -0.2) is 4.98 Å². The number of carbonyl (C=O) groups is 1. The summed E-state index contributed by atoms with van der Waals surface area (Å²) in [5.74, 6) is -0.0407. The van der Waals surface area contributed by atoms with Gasteiger partial charge in [-0.3, -0.25) is 4.79 Å². The molecule has 0 aliphatic rings. The van der Waals surface area contributed by atoms with E-state index in [-0.39, 0.29) is 18.5 Å². The van der Waals surface area contributed by atoms with E-state index in [9.17, 15) is 4.79 Å². The maximum Gasteiger partial charge on any atom is 0.240 e. The van der Waals surface area contributed by atoms with Crippen LogP contribution in [0.2, 0.25) is 0 Å². The Kier molecular flexibility index (Phi) is 5.33. The fourth-order valence-electron chi connectivity index (χ4n) is 2.62. The molecule has 0 aliphatic carbocycles. The molecule has 0 bridgehead atoms. The summed E-state index contributed by atoms with van der Waals surface area (Å²) in [7, 11) is 0. The van der Waals surface area contributed by atoms with E-state index >= 15 is 0 Å². The fourth-order valence-corrected chi connectivity index (χ4v) is 3.14. The third-order valence-corrected chi connectivity index (χ3v) is 4.45. The number of carbonyl (C=O) groups excluding carboxylic acids is 1. The van der Waals surface area contributed by atoms with Gasteiger partial charge >= 0.3 is 0 Å². The van der Waals surface area contributed by atoms with Gasteiger partial charge < -0.3 is 9.88 Å². The summed E-state index contributed by atoms with van der Waals surface area (Å²) in [6.45, 7) is 0.256. The molecule has 3 rings (SSSR count). The minimum Gasteiger partial charge on any atom is -0.344 e. The second-order valence-electron chi connectivity index (χ2n) is 5.36. The van der Waals surface area contributed by atoms with E-state index in [0.29, 0.717) is 0 Å². The van der Waals surface area contributed by atoms with Crippen molar-refractivity contribution in [1.29, 1.82) is 0 Å². The van der Waals surface area contributed by atoms with Crippen molar-refractivity contribution in [2.75, 3.05) is 6.26 Å². The zero-order chi connectivity index (χ0) is 16.8. The number of amides is 1. The molecule has 5 heteroatoms. The summed E-state index contributed by atoms with van der Waals surface area (Å²) in [6, 6.07) is 19.8. The lowest BCUT2D eigenvalue weighted by molar-refractivity contribution is -0.122. The van der Waals surface area contributed by atoms with Crippen molar-refractivity contribution in [1.82, 2.24) is 14.9 Å². The van der Waals surface area contributed by atoms with Gasteiger partial charge in [0.15, 0.2) is 5.16 Å². The van der Waals surface area contributed by atoms with Gasteiger partial charge in [-0.15, -0.1) is 0 Å². The molecule has 1 heterocycles. The number of imidazole rings is 1. The van der Waals surface area contributed by atoms with Crippen molar-refractivity contribution in [3.63, 3.8) is 0 Å². The number of rotatable bonds is 6. The predicted octanol–water partition coefficient (Wildman–Crippen LogP) is 3.51. The average Bonchev–Trinajstić information content (AvgIpc) is 3.08. The van der Waals surface area contributed by atoms with E-state index in [1.165, 1.54) is 11.8 Å². The number of aromatic nitrogens is 2. The van der Waals surface area contributed by atoms with Crippen LogP contribution in [-0.2, 0) is 11.3 Å². The van der Waals surface area contributed by atoms with Crippen molar-refractivity contribution in [2.24, 2.45) is 0 Å². The zero-order valence-corrected chi connectivity index (χ0v) is 14.2. The van der Waals surface area contributed by atoms with Crippen LogP contribution < -0.4 is 5.32 Å². The highest BCUT2D eigenvalue weighted by Crippen LogP contribution is 2.22. The van der Waals surface area contributed by atoms with Crippen LogP contribution in [0, 0.1) is 0 Å². The number of thioether (sulfide) groups is 1. The number of hydrogen-bond donors (Lipinski definition) is 1. The van der Waals surface area contributed by atoms with E-state index in [4.69, 9.17) is 0 Å².